The fraction of sp³-hybridized carbons (Fsp3) is 0.197. The Morgan fingerprint density at radius 1 is 0.560 bits per heavy atom. The van der Waals surface area contributed by atoms with Crippen molar-refractivity contribution in [3.63, 3.8) is 0 Å². The molecule has 75 heavy (non-hydrogen) atoms. The maximum Gasteiger partial charge on any atom is 2.00 e. The number of allylic oxidation sites excluding steroid dienone is 6. The first-order chi connectivity index (χ1) is 35.5. The normalized spacial score (nSPS) is 16.6. The third-order valence-electron chi connectivity index (χ3n) is 14.9. The molecule has 1 atom stereocenters. The van der Waals surface area contributed by atoms with Crippen LogP contribution in [-0.4, -0.2) is 26.6 Å². The van der Waals surface area contributed by atoms with Crippen molar-refractivity contribution >= 4 is 86.4 Å². The van der Waals surface area contributed by atoms with Gasteiger partial charge in [0.1, 0.15) is 0 Å². The molecule has 2 aliphatic carbocycles. The maximum absolute atomic E-state index is 12.2. The van der Waals surface area contributed by atoms with Crippen LogP contribution in [-0.2, 0) is 19.5 Å². The van der Waals surface area contributed by atoms with E-state index in [1.165, 1.54) is 22.3 Å². The van der Waals surface area contributed by atoms with Crippen molar-refractivity contribution in [3.8, 4) is 11.1 Å². The molecular formula is C66H60N6O2Zn. The zero-order valence-electron chi connectivity index (χ0n) is 44.3. The van der Waals surface area contributed by atoms with Crippen molar-refractivity contribution < 1.29 is 29.4 Å². The Hall–Kier alpha value is -7.87. The summed E-state index contributed by atoms with van der Waals surface area (Å²) in [6.45, 7) is 19.8. The molecule has 368 valence electrons. The van der Waals surface area contributed by atoms with E-state index >= 15 is 0 Å². The van der Waals surface area contributed by atoms with E-state index < -0.39 is 11.5 Å². The standard InChI is InChI=1S/C66H61N6O2.Zn/c1-40-10-20-48(21-11-40)71(49-22-12-41(2)13-23-49)62-55-30-29-54(69-55)60(61-45(6)38-44(5)39-65(61,7)8)53-27-26-51(67-53)59(46-16-18-47(19-17-46)64(73)74)52-28-31-57(68-52)63(58-33-32-56(62)70-58)72(50-24-14-42(3)15-25-50)66(9)36-34-43(4)35-37-66;/h10-36,38H,37,39H2,1-9H3,(H2-,67,68,69,70,73,74);/q-1;+2/p-1. The van der Waals surface area contributed by atoms with Gasteiger partial charge in [0, 0.05) is 17.1 Å². The Labute approximate surface area is 453 Å². The number of carbonyl (C=O) groups is 1. The third kappa shape index (κ3) is 9.51. The number of fused-ring (bicyclic) bond motifs is 8. The second-order valence-electron chi connectivity index (χ2n) is 21.3. The van der Waals surface area contributed by atoms with Crippen molar-refractivity contribution in [2.24, 2.45) is 5.41 Å². The van der Waals surface area contributed by atoms with E-state index in [-0.39, 0.29) is 30.5 Å². The Morgan fingerprint density at radius 3 is 1.57 bits per heavy atom. The van der Waals surface area contributed by atoms with Crippen molar-refractivity contribution in [3.05, 3.63) is 213 Å². The van der Waals surface area contributed by atoms with Crippen LogP contribution < -0.4 is 19.8 Å². The summed E-state index contributed by atoms with van der Waals surface area (Å²) in [7, 11) is 0. The van der Waals surface area contributed by atoms with Gasteiger partial charge in [-0.25, -0.2) is 14.8 Å². The largest absolute Gasteiger partial charge is 2.00 e. The molecule has 0 radical (unpaired) electrons. The van der Waals surface area contributed by atoms with Crippen molar-refractivity contribution in [1.82, 2.24) is 19.9 Å². The van der Waals surface area contributed by atoms with Crippen LogP contribution in [0.15, 0.2) is 162 Å². The number of nitrogens with zero attached hydrogens (tertiary/aromatic N) is 6. The van der Waals surface area contributed by atoms with Crippen molar-refractivity contribution in [2.45, 2.75) is 80.7 Å². The molecule has 11 rings (SSSR count). The average Bonchev–Trinajstić information content (AvgIpc) is 4.23. The molecule has 8 nitrogen and oxygen atoms in total. The fourth-order valence-corrected chi connectivity index (χ4v) is 11.3. The molecule has 3 aromatic heterocycles. The van der Waals surface area contributed by atoms with Crippen LogP contribution in [0.2, 0.25) is 0 Å². The number of aromatic nitrogens is 4. The molecule has 1 unspecified atom stereocenters. The molecule has 7 aromatic rings. The van der Waals surface area contributed by atoms with Gasteiger partial charge >= 0.3 is 25.4 Å². The van der Waals surface area contributed by atoms with Crippen LogP contribution in [0.25, 0.3) is 63.1 Å². The van der Waals surface area contributed by atoms with Crippen LogP contribution in [0, 0.1) is 26.2 Å². The van der Waals surface area contributed by atoms with Gasteiger partial charge in [-0.05, 0) is 167 Å². The number of aromatic carboxylic acids is 1. The summed E-state index contributed by atoms with van der Waals surface area (Å²) >= 11 is 0. The molecule has 4 aromatic carbocycles. The molecule has 0 spiro atoms. The molecule has 4 aliphatic rings. The molecule has 9 heteroatoms. The van der Waals surface area contributed by atoms with Gasteiger partial charge in [0.25, 0.3) is 0 Å². The maximum atomic E-state index is 12.2. The minimum Gasteiger partial charge on any atom is -0.657 e. The number of benzene rings is 4. The minimum absolute atomic E-state index is 0. The van der Waals surface area contributed by atoms with E-state index in [1.54, 1.807) is 12.1 Å². The van der Waals surface area contributed by atoms with Crippen LogP contribution in [0.1, 0.15) is 110 Å². The van der Waals surface area contributed by atoms with E-state index in [4.69, 9.17) is 19.9 Å². The summed E-state index contributed by atoms with van der Waals surface area (Å²) in [5, 5.41) is 10.00. The van der Waals surface area contributed by atoms with E-state index in [2.05, 4.69) is 218 Å². The van der Waals surface area contributed by atoms with Crippen LogP contribution in [0.3, 0.4) is 0 Å². The van der Waals surface area contributed by atoms with E-state index in [1.807, 2.05) is 12.1 Å². The fourth-order valence-electron chi connectivity index (χ4n) is 11.3. The van der Waals surface area contributed by atoms with E-state index in [0.717, 1.165) is 108 Å². The van der Waals surface area contributed by atoms with Crippen LogP contribution >= 0.6 is 0 Å². The molecule has 0 amide bonds. The smallest absolute Gasteiger partial charge is 0.657 e. The van der Waals surface area contributed by atoms with Gasteiger partial charge in [0.15, 0.2) is 0 Å². The quantitative estimate of drug-likeness (QED) is 0.143. The number of hydrogen-bond donors (Lipinski definition) is 1. The summed E-state index contributed by atoms with van der Waals surface area (Å²) in [6.07, 6.45) is 19.2. The topological polar surface area (TPSA) is 97.8 Å². The third-order valence-corrected chi connectivity index (χ3v) is 14.9. The van der Waals surface area contributed by atoms with Gasteiger partial charge in [-0.15, -0.1) is 22.1 Å². The summed E-state index contributed by atoms with van der Waals surface area (Å²) in [4.78, 5) is 39.6. The van der Waals surface area contributed by atoms with Crippen LogP contribution in [0.4, 0.5) is 28.4 Å². The number of carboxylic acids is 1. The predicted octanol–water partition coefficient (Wildman–Crippen LogP) is 16.6. The SMILES string of the molecule is CC1=CCC(C)(N(c2ccc(C)cc2)c2c3nc(c(-c4ccc(C(=O)O)cc4)c4ccc([n-]4)c(C4=C(C)C=C(C)CC4(C)C)c4nc(c(N(c5ccc(C)cc5)c5ccc(C)cc5)c5ccc2[n-]5)C=C4)C=C3)C=C1.[Zn+2]. The number of carboxylic acid groups (broad SMARTS) is 1. The van der Waals surface area contributed by atoms with Gasteiger partial charge in [-0.2, -0.15) is 0 Å². The van der Waals surface area contributed by atoms with Crippen molar-refractivity contribution in [1.29, 1.82) is 0 Å². The van der Waals surface area contributed by atoms with E-state index in [9.17, 15) is 9.90 Å². The Kier molecular flexibility index (Phi) is 13.4. The number of hydrogen-bond acceptors (Lipinski definition) is 5. The molecule has 0 saturated carbocycles. The van der Waals surface area contributed by atoms with Gasteiger partial charge < -0.3 is 24.9 Å². The first-order valence-corrected chi connectivity index (χ1v) is 25.5. The Morgan fingerprint density at radius 2 is 1.04 bits per heavy atom. The molecule has 0 saturated heterocycles. The van der Waals surface area contributed by atoms with Gasteiger partial charge in [0.05, 0.1) is 45.3 Å². The zero-order chi connectivity index (χ0) is 51.6. The number of aryl methyl sites for hydroxylation is 3. The second kappa shape index (κ2) is 19.8. The molecule has 1 N–H and O–H groups in total. The molecular weight excluding hydrogens is 974 g/mol. The van der Waals surface area contributed by atoms with Crippen molar-refractivity contribution in [2.75, 3.05) is 9.80 Å². The van der Waals surface area contributed by atoms with Crippen LogP contribution in [0.5, 0.6) is 0 Å². The monoisotopic (exact) mass is 1030 g/mol. The molecule has 0 fully saturated rings. The first-order valence-electron chi connectivity index (χ1n) is 25.5. The Bertz CT molecular complexity index is 3740. The number of rotatable bonds is 9. The molecule has 2 aliphatic heterocycles. The Balaban J connectivity index is 0.00000641. The molecule has 8 bridgehead atoms. The van der Waals surface area contributed by atoms with Gasteiger partial charge in [0.2, 0.25) is 0 Å². The summed E-state index contributed by atoms with van der Waals surface area (Å²) in [6, 6.07) is 41.5. The summed E-state index contributed by atoms with van der Waals surface area (Å²) < 4.78 is 0. The van der Waals surface area contributed by atoms with Gasteiger partial charge in [-0.3, -0.25) is 0 Å². The minimum atomic E-state index is -0.987. The molecule has 5 heterocycles. The first kappa shape index (κ1) is 50.7. The number of anilines is 5. The predicted molar refractivity (Wildman–Crippen MR) is 307 cm³/mol. The summed E-state index contributed by atoms with van der Waals surface area (Å²) in [5.74, 6) is -0.987. The summed E-state index contributed by atoms with van der Waals surface area (Å²) in [5.41, 5.74) is 21.0. The van der Waals surface area contributed by atoms with E-state index in [0.29, 0.717) is 11.2 Å². The average molecular weight is 1030 g/mol. The van der Waals surface area contributed by atoms with Gasteiger partial charge in [-0.1, -0.05) is 139 Å². The zero-order valence-corrected chi connectivity index (χ0v) is 47.3. The second-order valence-corrected chi connectivity index (χ2v) is 21.3.